The Bertz CT molecular complexity index is 730. The third-order valence-electron chi connectivity index (χ3n) is 2.42. The fraction of sp³-hybridized carbons (Fsp3) is 0.500. The summed E-state index contributed by atoms with van der Waals surface area (Å²) in [5.41, 5.74) is 7.90. The summed E-state index contributed by atoms with van der Waals surface area (Å²) >= 11 is 0. The zero-order chi connectivity index (χ0) is 17.1. The number of carbonyl (C=O) groups excluding carboxylic acids is 1. The van der Waals surface area contributed by atoms with Crippen LogP contribution in [0.1, 0.15) is 31.3 Å². The highest BCUT2D eigenvalue weighted by Gasteiger charge is 2.33. The zero-order valence-electron chi connectivity index (χ0n) is 13.0. The fourth-order valence-electron chi connectivity index (χ4n) is 1.52. The van der Waals surface area contributed by atoms with Crippen molar-refractivity contribution in [1.29, 1.82) is 0 Å². The lowest BCUT2D eigenvalue weighted by molar-refractivity contribution is -0.515. The van der Waals surface area contributed by atoms with E-state index in [0.717, 1.165) is 6.20 Å². The van der Waals surface area contributed by atoms with E-state index in [1.54, 1.807) is 39.8 Å². The molecule has 9 nitrogen and oxygen atoms in total. The highest BCUT2D eigenvalue weighted by atomic mass is 32.2. The van der Waals surface area contributed by atoms with Crippen LogP contribution in [-0.2, 0) is 14.9 Å². The zero-order valence-corrected chi connectivity index (χ0v) is 13.8. The molecule has 1 aromatic rings. The van der Waals surface area contributed by atoms with Gasteiger partial charge in [0.1, 0.15) is 5.60 Å². The Morgan fingerprint density at radius 1 is 1.41 bits per heavy atom. The van der Waals surface area contributed by atoms with Gasteiger partial charge in [-0.25, -0.2) is 4.79 Å². The normalized spacial score (nSPS) is 11.5. The van der Waals surface area contributed by atoms with E-state index in [4.69, 9.17) is 10.3 Å². The number of esters is 1. The largest absolute Gasteiger partial charge is 0.468 e. The quantitative estimate of drug-likeness (QED) is 0.272. The predicted octanol–water partition coefficient (Wildman–Crippen LogP) is 1.40. The van der Waals surface area contributed by atoms with Crippen molar-refractivity contribution in [2.75, 3.05) is 19.0 Å². The first-order valence-electron chi connectivity index (χ1n) is 6.26. The van der Waals surface area contributed by atoms with Crippen molar-refractivity contribution in [1.82, 2.24) is 0 Å². The Morgan fingerprint density at radius 3 is 2.45 bits per heavy atom. The van der Waals surface area contributed by atoms with Crippen LogP contribution in [0.4, 0.5) is 5.69 Å². The molecule has 0 aliphatic rings. The lowest BCUT2D eigenvalue weighted by Gasteiger charge is -2.19. The molecule has 0 N–H and O–H groups in total. The van der Waals surface area contributed by atoms with Crippen molar-refractivity contribution in [3.63, 3.8) is 0 Å². The van der Waals surface area contributed by atoms with Gasteiger partial charge in [-0.2, -0.15) is 8.42 Å². The summed E-state index contributed by atoms with van der Waals surface area (Å²) in [7, 11) is -0.905. The molecule has 0 aliphatic heterocycles. The van der Waals surface area contributed by atoms with Crippen LogP contribution in [0.3, 0.4) is 0 Å². The second-order valence-electron chi connectivity index (χ2n) is 5.61. The first-order valence-corrected chi connectivity index (χ1v) is 7.66. The molecule has 0 fully saturated rings. The van der Waals surface area contributed by atoms with Crippen molar-refractivity contribution in [3.05, 3.63) is 34.5 Å². The van der Waals surface area contributed by atoms with Crippen molar-refractivity contribution in [3.8, 4) is 0 Å². The molecular weight excluding hydrogens is 310 g/mol. The van der Waals surface area contributed by atoms with Gasteiger partial charge in [0, 0.05) is 36.8 Å². The van der Waals surface area contributed by atoms with Gasteiger partial charge in [0.2, 0.25) is 0 Å². The Kier molecular flexibility index (Phi) is 5.00. The van der Waals surface area contributed by atoms with Crippen LogP contribution in [0.15, 0.2) is 22.8 Å². The Labute approximate surface area is 128 Å². The molecule has 0 aliphatic carbocycles. The molecule has 0 amide bonds. The second-order valence-corrected chi connectivity index (χ2v) is 7.06. The van der Waals surface area contributed by atoms with E-state index in [-0.39, 0.29) is 5.69 Å². The molecule has 0 spiro atoms. The number of hydrogen-bond donors (Lipinski definition) is 0. The lowest BCUT2D eigenvalue weighted by atomic mass is 10.2. The summed E-state index contributed by atoms with van der Waals surface area (Å²) in [6, 6.07) is 2.82. The minimum atomic E-state index is -4.38. The molecule has 1 heterocycles. The van der Waals surface area contributed by atoms with E-state index in [0.29, 0.717) is 9.66 Å². The van der Waals surface area contributed by atoms with Gasteiger partial charge >= 0.3 is 21.9 Å². The Hall–Kier alpha value is -2.32. The maximum atomic E-state index is 12.2. The molecule has 0 aromatic carbocycles. The first-order chi connectivity index (χ1) is 9.98. The van der Waals surface area contributed by atoms with Crippen LogP contribution >= 0.6 is 0 Å². The molecule has 0 atom stereocenters. The topological polar surface area (TPSA) is 116 Å². The average Bonchev–Trinajstić information content (AvgIpc) is 2.35. The Morgan fingerprint density at radius 2 is 2.00 bits per heavy atom. The highest BCUT2D eigenvalue weighted by molar-refractivity contribution is 7.83. The third-order valence-corrected chi connectivity index (χ3v) is 3.51. The first kappa shape index (κ1) is 17.7. The van der Waals surface area contributed by atoms with Crippen LogP contribution in [0.5, 0.6) is 0 Å². The summed E-state index contributed by atoms with van der Waals surface area (Å²) in [6.07, 6.45) is 1.14. The maximum absolute atomic E-state index is 12.2. The van der Waals surface area contributed by atoms with Gasteiger partial charge in [0.15, 0.2) is 6.20 Å². The molecule has 0 bridgehead atoms. The van der Waals surface area contributed by atoms with Crippen LogP contribution in [-0.4, -0.2) is 34.1 Å². The number of azide groups is 1. The van der Waals surface area contributed by atoms with E-state index >= 15 is 0 Å². The van der Waals surface area contributed by atoms with E-state index in [2.05, 4.69) is 9.43 Å². The molecule has 10 heteroatoms. The van der Waals surface area contributed by atoms with Gasteiger partial charge < -0.3 is 9.64 Å². The monoisotopic (exact) mass is 328 g/mol. The summed E-state index contributed by atoms with van der Waals surface area (Å²) in [6.45, 7) is 4.98. The molecule has 120 valence electrons. The number of aromatic nitrogens is 1. The van der Waals surface area contributed by atoms with Crippen LogP contribution < -0.4 is 8.87 Å². The van der Waals surface area contributed by atoms with Gasteiger partial charge in [-0.05, 0) is 26.3 Å². The summed E-state index contributed by atoms with van der Waals surface area (Å²) in [5.74, 6) is -0.840. The highest BCUT2D eigenvalue weighted by Crippen LogP contribution is 2.15. The van der Waals surface area contributed by atoms with Crippen molar-refractivity contribution in [2.24, 2.45) is 4.52 Å². The minimum Gasteiger partial charge on any atom is -0.452 e. The number of hydrogen-bond acceptors (Lipinski definition) is 5. The standard InChI is InChI=1S/C12H18N5O4S/c1-12(2,3)21-11(18)10-8-9(16(4)5)6-7-17(10)22(19,20)15-14-13/h6-8H,1-5H3/q+1. The molecule has 0 saturated carbocycles. The maximum Gasteiger partial charge on any atom is 0.468 e. The molecule has 0 saturated heterocycles. The van der Waals surface area contributed by atoms with Crippen molar-refractivity contribution < 1.29 is 21.9 Å². The number of ether oxygens (including phenoxy) is 1. The number of anilines is 1. The third kappa shape index (κ3) is 4.34. The van der Waals surface area contributed by atoms with E-state index in [1.165, 1.54) is 12.1 Å². The van der Waals surface area contributed by atoms with Gasteiger partial charge in [-0.3, -0.25) is 0 Å². The predicted molar refractivity (Wildman–Crippen MR) is 79.6 cm³/mol. The number of carbonyl (C=O) groups is 1. The average molecular weight is 328 g/mol. The molecule has 1 aromatic heterocycles. The van der Waals surface area contributed by atoms with E-state index < -0.39 is 21.8 Å². The molecule has 22 heavy (non-hydrogen) atoms. The molecule has 1 rings (SSSR count). The molecule has 0 radical (unpaired) electrons. The lowest BCUT2D eigenvalue weighted by Crippen LogP contribution is -2.47. The summed E-state index contributed by atoms with van der Waals surface area (Å²) < 4.78 is 32.4. The molecule has 0 unspecified atom stereocenters. The van der Waals surface area contributed by atoms with Gasteiger partial charge in [0.05, 0.1) is 4.52 Å². The fourth-order valence-corrected chi connectivity index (χ4v) is 2.28. The van der Waals surface area contributed by atoms with Gasteiger partial charge in [-0.15, -0.1) is 0 Å². The molecular formula is C12H18N5O4S+. The SMILES string of the molecule is CN(C)c1cc[n+](S(=O)(=O)N=[N+]=[N-])c(C(=O)OC(C)(C)C)c1. The van der Waals surface area contributed by atoms with Crippen molar-refractivity contribution >= 4 is 21.9 Å². The van der Waals surface area contributed by atoms with E-state index in [1.807, 2.05) is 0 Å². The number of pyridine rings is 1. The number of rotatable bonds is 4. The van der Waals surface area contributed by atoms with Crippen molar-refractivity contribution in [2.45, 2.75) is 26.4 Å². The van der Waals surface area contributed by atoms with Crippen LogP contribution in [0, 0.1) is 0 Å². The number of nitrogens with zero attached hydrogens (tertiary/aromatic N) is 5. The van der Waals surface area contributed by atoms with Gasteiger partial charge in [0.25, 0.3) is 0 Å². The summed E-state index contributed by atoms with van der Waals surface area (Å²) in [4.78, 5) is 16.2. The smallest absolute Gasteiger partial charge is 0.452 e. The Balaban J connectivity index is 3.52. The van der Waals surface area contributed by atoms with Crippen LogP contribution in [0.2, 0.25) is 0 Å². The van der Waals surface area contributed by atoms with Crippen LogP contribution in [0.25, 0.3) is 10.4 Å². The van der Waals surface area contributed by atoms with Gasteiger partial charge in [-0.1, -0.05) is 3.97 Å². The second kappa shape index (κ2) is 6.20. The summed E-state index contributed by atoms with van der Waals surface area (Å²) in [5, 5.41) is 0. The van der Waals surface area contributed by atoms with E-state index in [9.17, 15) is 13.2 Å². The minimum absolute atomic E-state index is 0.256.